The number of nitrogens with one attached hydrogen (secondary N) is 1. The fourth-order valence-corrected chi connectivity index (χ4v) is 2.30. The Hall–Kier alpha value is -0.160. The number of nitrogens with zero attached hydrogens (tertiary/aromatic N) is 1. The molecule has 4 heteroatoms. The molecule has 0 amide bonds. The predicted octanol–water partition coefficient (Wildman–Crippen LogP) is 1.89. The van der Waals surface area contributed by atoms with E-state index in [2.05, 4.69) is 31.0 Å². The molecule has 19 heavy (non-hydrogen) atoms. The van der Waals surface area contributed by atoms with Crippen molar-refractivity contribution in [2.75, 3.05) is 46.5 Å². The van der Waals surface area contributed by atoms with Crippen LogP contribution in [-0.2, 0) is 9.47 Å². The molecule has 1 aliphatic heterocycles. The molecule has 1 atom stereocenters. The average molecular weight is 272 g/mol. The molecule has 0 bridgehead atoms. The molecular formula is C15H32N2O2. The quantitative estimate of drug-likeness (QED) is 0.731. The van der Waals surface area contributed by atoms with Crippen molar-refractivity contribution in [3.05, 3.63) is 0 Å². The highest BCUT2D eigenvalue weighted by Gasteiger charge is 2.15. The summed E-state index contributed by atoms with van der Waals surface area (Å²) in [5, 5.41) is 3.48. The lowest BCUT2D eigenvalue weighted by molar-refractivity contribution is -0.0128. The molecule has 1 rings (SSSR count). The van der Waals surface area contributed by atoms with Crippen molar-refractivity contribution >= 4 is 0 Å². The van der Waals surface area contributed by atoms with E-state index in [1.807, 2.05) is 0 Å². The van der Waals surface area contributed by atoms with Crippen LogP contribution in [0.4, 0.5) is 0 Å². The average Bonchev–Trinajstić information content (AvgIpc) is 2.36. The minimum absolute atomic E-state index is 0.127. The molecular weight excluding hydrogens is 240 g/mol. The molecule has 1 unspecified atom stereocenters. The van der Waals surface area contributed by atoms with Gasteiger partial charge in [-0.3, -0.25) is 0 Å². The summed E-state index contributed by atoms with van der Waals surface area (Å²) in [7, 11) is 1.73. The lowest BCUT2D eigenvalue weighted by atomic mass is 10.1. The Labute approximate surface area is 118 Å². The number of ether oxygens (including phenoxy) is 2. The molecule has 1 N–H and O–H groups in total. The van der Waals surface area contributed by atoms with Crippen LogP contribution in [0.2, 0.25) is 0 Å². The van der Waals surface area contributed by atoms with Gasteiger partial charge in [0.25, 0.3) is 0 Å². The normalized spacial score (nSPS) is 19.6. The molecule has 1 saturated heterocycles. The van der Waals surface area contributed by atoms with Crippen LogP contribution in [0.15, 0.2) is 0 Å². The molecule has 114 valence electrons. The summed E-state index contributed by atoms with van der Waals surface area (Å²) in [4.78, 5) is 2.50. The third-order valence-electron chi connectivity index (χ3n) is 3.42. The molecule has 1 fully saturated rings. The van der Waals surface area contributed by atoms with Crippen molar-refractivity contribution < 1.29 is 9.47 Å². The van der Waals surface area contributed by atoms with Crippen LogP contribution in [-0.4, -0.2) is 63.0 Å². The van der Waals surface area contributed by atoms with Gasteiger partial charge in [0, 0.05) is 25.7 Å². The predicted molar refractivity (Wildman–Crippen MR) is 79.7 cm³/mol. The topological polar surface area (TPSA) is 33.7 Å². The van der Waals surface area contributed by atoms with Crippen LogP contribution < -0.4 is 5.32 Å². The molecule has 0 aromatic heterocycles. The van der Waals surface area contributed by atoms with Crippen molar-refractivity contribution in [2.24, 2.45) is 0 Å². The maximum Gasteiger partial charge on any atom is 0.0933 e. The van der Waals surface area contributed by atoms with Gasteiger partial charge in [0.2, 0.25) is 0 Å². The second-order valence-corrected chi connectivity index (χ2v) is 6.48. The largest absolute Gasteiger partial charge is 0.382 e. The van der Waals surface area contributed by atoms with Gasteiger partial charge < -0.3 is 19.7 Å². The van der Waals surface area contributed by atoms with Crippen molar-refractivity contribution in [3.63, 3.8) is 0 Å². The Morgan fingerprint density at radius 1 is 1.16 bits per heavy atom. The van der Waals surface area contributed by atoms with Gasteiger partial charge in [-0.15, -0.1) is 0 Å². The van der Waals surface area contributed by atoms with Crippen molar-refractivity contribution in [3.8, 4) is 0 Å². The minimum Gasteiger partial charge on any atom is -0.382 e. The van der Waals surface area contributed by atoms with E-state index in [1.165, 1.54) is 32.4 Å². The Morgan fingerprint density at radius 2 is 1.84 bits per heavy atom. The summed E-state index contributed by atoms with van der Waals surface area (Å²) >= 11 is 0. The first-order valence-electron chi connectivity index (χ1n) is 7.59. The van der Waals surface area contributed by atoms with E-state index in [0.29, 0.717) is 6.61 Å². The lowest BCUT2D eigenvalue weighted by Crippen LogP contribution is -2.43. The fraction of sp³-hybridized carbons (Fsp3) is 1.00. The summed E-state index contributed by atoms with van der Waals surface area (Å²) in [5.74, 6) is 0. The number of piperidine rings is 1. The van der Waals surface area contributed by atoms with Crippen molar-refractivity contribution in [2.45, 2.75) is 51.7 Å². The van der Waals surface area contributed by atoms with E-state index in [-0.39, 0.29) is 11.6 Å². The summed E-state index contributed by atoms with van der Waals surface area (Å²) in [6, 6.07) is 0. The Kier molecular flexibility index (Phi) is 7.91. The van der Waals surface area contributed by atoms with Crippen LogP contribution in [0.25, 0.3) is 0 Å². The Balaban J connectivity index is 2.17. The molecule has 1 aliphatic rings. The van der Waals surface area contributed by atoms with E-state index in [9.17, 15) is 0 Å². The standard InChI is InChI=1S/C15H32N2O2/c1-15(2,3)16-12-14(13-18-4)19-11-10-17-8-6-5-7-9-17/h14,16H,5-13H2,1-4H3. The first kappa shape index (κ1) is 16.9. The van der Waals surface area contributed by atoms with E-state index in [0.717, 1.165) is 19.7 Å². The SMILES string of the molecule is COCC(CNC(C)(C)C)OCCN1CCCCC1. The van der Waals surface area contributed by atoms with E-state index >= 15 is 0 Å². The highest BCUT2D eigenvalue weighted by atomic mass is 16.5. The van der Waals surface area contributed by atoms with E-state index in [4.69, 9.17) is 9.47 Å². The molecule has 0 radical (unpaired) electrons. The van der Waals surface area contributed by atoms with Crippen LogP contribution in [0.5, 0.6) is 0 Å². The van der Waals surface area contributed by atoms with Gasteiger partial charge in [0.15, 0.2) is 0 Å². The van der Waals surface area contributed by atoms with Crippen LogP contribution >= 0.6 is 0 Å². The first-order chi connectivity index (χ1) is 9.01. The fourth-order valence-electron chi connectivity index (χ4n) is 2.30. The third kappa shape index (κ3) is 8.58. The van der Waals surface area contributed by atoms with Gasteiger partial charge in [-0.1, -0.05) is 6.42 Å². The van der Waals surface area contributed by atoms with Crippen LogP contribution in [0.3, 0.4) is 0 Å². The number of likely N-dealkylation sites (tertiary alicyclic amines) is 1. The van der Waals surface area contributed by atoms with E-state index in [1.54, 1.807) is 7.11 Å². The maximum atomic E-state index is 5.95. The Morgan fingerprint density at radius 3 is 2.42 bits per heavy atom. The molecule has 1 heterocycles. The molecule has 0 saturated carbocycles. The van der Waals surface area contributed by atoms with Crippen molar-refractivity contribution in [1.82, 2.24) is 10.2 Å². The van der Waals surface area contributed by atoms with Gasteiger partial charge in [-0.05, 0) is 46.7 Å². The van der Waals surface area contributed by atoms with Gasteiger partial charge >= 0.3 is 0 Å². The number of hydrogen-bond acceptors (Lipinski definition) is 4. The lowest BCUT2D eigenvalue weighted by Gasteiger charge is -2.28. The second-order valence-electron chi connectivity index (χ2n) is 6.48. The van der Waals surface area contributed by atoms with Gasteiger partial charge in [-0.25, -0.2) is 0 Å². The first-order valence-corrected chi connectivity index (χ1v) is 7.59. The zero-order valence-electron chi connectivity index (χ0n) is 13.2. The van der Waals surface area contributed by atoms with Crippen LogP contribution in [0.1, 0.15) is 40.0 Å². The highest BCUT2D eigenvalue weighted by molar-refractivity contribution is 4.73. The number of methoxy groups -OCH3 is 1. The monoisotopic (exact) mass is 272 g/mol. The molecule has 4 nitrogen and oxygen atoms in total. The summed E-state index contributed by atoms with van der Waals surface area (Å²) in [6.07, 6.45) is 4.22. The summed E-state index contributed by atoms with van der Waals surface area (Å²) in [6.45, 7) is 12.3. The highest BCUT2D eigenvalue weighted by Crippen LogP contribution is 2.08. The smallest absolute Gasteiger partial charge is 0.0933 e. The summed E-state index contributed by atoms with van der Waals surface area (Å²) < 4.78 is 11.2. The Bertz CT molecular complexity index is 223. The number of rotatable bonds is 8. The van der Waals surface area contributed by atoms with E-state index < -0.39 is 0 Å². The van der Waals surface area contributed by atoms with Gasteiger partial charge in [0.05, 0.1) is 19.3 Å². The molecule has 0 aromatic carbocycles. The zero-order valence-corrected chi connectivity index (χ0v) is 13.2. The molecule has 0 spiro atoms. The van der Waals surface area contributed by atoms with Crippen molar-refractivity contribution in [1.29, 1.82) is 0 Å². The molecule has 0 aromatic rings. The third-order valence-corrected chi connectivity index (χ3v) is 3.42. The minimum atomic E-state index is 0.127. The summed E-state index contributed by atoms with van der Waals surface area (Å²) in [5.41, 5.74) is 0.127. The second kappa shape index (κ2) is 8.90. The van der Waals surface area contributed by atoms with Gasteiger partial charge in [0.1, 0.15) is 0 Å². The van der Waals surface area contributed by atoms with Gasteiger partial charge in [-0.2, -0.15) is 0 Å². The molecule has 0 aliphatic carbocycles. The number of hydrogen-bond donors (Lipinski definition) is 1. The zero-order chi connectivity index (χ0) is 14.1. The van der Waals surface area contributed by atoms with Crippen LogP contribution in [0, 0.1) is 0 Å². The maximum absolute atomic E-state index is 5.95.